The lowest BCUT2D eigenvalue weighted by molar-refractivity contribution is 0.143. The van der Waals surface area contributed by atoms with Crippen molar-refractivity contribution in [1.82, 2.24) is 10.2 Å². The Morgan fingerprint density at radius 1 is 1.11 bits per heavy atom. The van der Waals surface area contributed by atoms with Crippen molar-refractivity contribution in [3.8, 4) is 0 Å². The number of hydrogen-bond acceptors (Lipinski definition) is 3. The van der Waals surface area contributed by atoms with Crippen molar-refractivity contribution in [3.63, 3.8) is 0 Å². The average molecular weight is 254 g/mol. The summed E-state index contributed by atoms with van der Waals surface area (Å²) < 4.78 is 0. The number of aliphatic hydroxyl groups excluding tert-OH is 1. The molecule has 1 aliphatic heterocycles. The lowest BCUT2D eigenvalue weighted by Crippen LogP contribution is -2.43. The number of nitrogens with one attached hydrogen (secondary N) is 1. The van der Waals surface area contributed by atoms with Gasteiger partial charge in [-0.05, 0) is 58.2 Å². The Balaban J connectivity index is 1.67. The van der Waals surface area contributed by atoms with Crippen molar-refractivity contribution in [2.45, 2.75) is 63.5 Å². The van der Waals surface area contributed by atoms with Crippen molar-refractivity contribution < 1.29 is 5.11 Å². The zero-order valence-electron chi connectivity index (χ0n) is 11.9. The summed E-state index contributed by atoms with van der Waals surface area (Å²) in [6.45, 7) is 2.75. The van der Waals surface area contributed by atoms with E-state index in [0.29, 0.717) is 18.6 Å². The Morgan fingerprint density at radius 2 is 1.89 bits per heavy atom. The minimum atomic E-state index is 0.362. The fourth-order valence-electron chi connectivity index (χ4n) is 3.64. The first-order valence-electron chi connectivity index (χ1n) is 7.85. The quantitative estimate of drug-likeness (QED) is 0.788. The van der Waals surface area contributed by atoms with Gasteiger partial charge in [0.25, 0.3) is 0 Å². The molecular formula is C15H30N2O. The highest BCUT2D eigenvalue weighted by Crippen LogP contribution is 2.24. The summed E-state index contributed by atoms with van der Waals surface area (Å²) in [7, 11) is 2.26. The van der Waals surface area contributed by atoms with Crippen molar-refractivity contribution in [3.05, 3.63) is 0 Å². The van der Waals surface area contributed by atoms with E-state index in [-0.39, 0.29) is 0 Å². The SMILES string of the molecule is CN1CCCCC1CCNC1CCCCC1CO. The summed E-state index contributed by atoms with van der Waals surface area (Å²) in [6, 6.07) is 1.35. The monoisotopic (exact) mass is 254 g/mol. The van der Waals surface area contributed by atoms with E-state index in [1.165, 1.54) is 57.9 Å². The average Bonchev–Trinajstić information content (AvgIpc) is 2.41. The highest BCUT2D eigenvalue weighted by atomic mass is 16.3. The minimum Gasteiger partial charge on any atom is -0.396 e. The van der Waals surface area contributed by atoms with E-state index < -0.39 is 0 Å². The number of nitrogens with zero attached hydrogens (tertiary/aromatic N) is 1. The summed E-state index contributed by atoms with van der Waals surface area (Å²) in [5.41, 5.74) is 0. The molecule has 3 atom stereocenters. The van der Waals surface area contributed by atoms with Crippen LogP contribution in [0.5, 0.6) is 0 Å². The van der Waals surface area contributed by atoms with Gasteiger partial charge in [0.05, 0.1) is 0 Å². The van der Waals surface area contributed by atoms with Crippen LogP contribution < -0.4 is 5.32 Å². The minimum absolute atomic E-state index is 0.362. The van der Waals surface area contributed by atoms with Gasteiger partial charge in [0.15, 0.2) is 0 Å². The van der Waals surface area contributed by atoms with Crippen molar-refractivity contribution >= 4 is 0 Å². The van der Waals surface area contributed by atoms with Crippen LogP contribution in [-0.2, 0) is 0 Å². The van der Waals surface area contributed by atoms with Crippen molar-refractivity contribution in [1.29, 1.82) is 0 Å². The van der Waals surface area contributed by atoms with E-state index in [4.69, 9.17) is 0 Å². The van der Waals surface area contributed by atoms with Crippen LogP contribution in [0.15, 0.2) is 0 Å². The van der Waals surface area contributed by atoms with Crippen molar-refractivity contribution in [2.75, 3.05) is 26.7 Å². The second-order valence-electron chi connectivity index (χ2n) is 6.21. The lowest BCUT2D eigenvalue weighted by Gasteiger charge is -2.34. The molecule has 0 radical (unpaired) electrons. The van der Waals surface area contributed by atoms with E-state index in [0.717, 1.165) is 12.6 Å². The summed E-state index contributed by atoms with van der Waals surface area (Å²) in [5, 5.41) is 13.1. The number of piperidine rings is 1. The molecule has 0 aromatic heterocycles. The molecule has 2 rings (SSSR count). The zero-order chi connectivity index (χ0) is 12.8. The first kappa shape index (κ1) is 14.3. The van der Waals surface area contributed by atoms with Crippen molar-refractivity contribution in [2.24, 2.45) is 5.92 Å². The largest absolute Gasteiger partial charge is 0.396 e. The zero-order valence-corrected chi connectivity index (χ0v) is 11.9. The molecule has 18 heavy (non-hydrogen) atoms. The van der Waals surface area contributed by atoms with E-state index in [9.17, 15) is 5.11 Å². The Morgan fingerprint density at radius 3 is 2.67 bits per heavy atom. The van der Waals surface area contributed by atoms with Crippen LogP contribution in [0.3, 0.4) is 0 Å². The van der Waals surface area contributed by atoms with Crippen LogP contribution in [0, 0.1) is 5.92 Å². The topological polar surface area (TPSA) is 35.5 Å². The van der Waals surface area contributed by atoms with Crippen LogP contribution in [0.25, 0.3) is 0 Å². The molecule has 3 unspecified atom stereocenters. The number of likely N-dealkylation sites (tertiary alicyclic amines) is 1. The van der Waals surface area contributed by atoms with Gasteiger partial charge in [-0.3, -0.25) is 0 Å². The molecule has 106 valence electrons. The molecule has 0 spiro atoms. The summed E-state index contributed by atoms with van der Waals surface area (Å²) in [6.07, 6.45) is 10.5. The molecule has 3 nitrogen and oxygen atoms in total. The van der Waals surface area contributed by atoms with Gasteiger partial charge in [0.2, 0.25) is 0 Å². The molecule has 0 bridgehead atoms. The molecule has 0 amide bonds. The van der Waals surface area contributed by atoms with Crippen LogP contribution in [0.4, 0.5) is 0 Å². The van der Waals surface area contributed by atoms with Gasteiger partial charge in [-0.15, -0.1) is 0 Å². The van der Waals surface area contributed by atoms with Gasteiger partial charge in [-0.1, -0.05) is 19.3 Å². The third-order valence-electron chi connectivity index (χ3n) is 4.95. The first-order chi connectivity index (χ1) is 8.81. The van der Waals surface area contributed by atoms with Crippen LogP contribution in [-0.4, -0.2) is 48.8 Å². The van der Waals surface area contributed by atoms with Crippen LogP contribution >= 0.6 is 0 Å². The maximum absolute atomic E-state index is 9.40. The smallest absolute Gasteiger partial charge is 0.0474 e. The van der Waals surface area contributed by atoms with Gasteiger partial charge in [-0.25, -0.2) is 0 Å². The highest BCUT2D eigenvalue weighted by molar-refractivity contribution is 4.82. The van der Waals surface area contributed by atoms with Gasteiger partial charge in [-0.2, -0.15) is 0 Å². The van der Waals surface area contributed by atoms with E-state index in [1.54, 1.807) is 0 Å². The predicted octanol–water partition coefficient (Wildman–Crippen LogP) is 2.00. The maximum Gasteiger partial charge on any atom is 0.0474 e. The fraction of sp³-hybridized carbons (Fsp3) is 1.00. The number of aliphatic hydroxyl groups is 1. The summed E-state index contributed by atoms with van der Waals surface area (Å²) >= 11 is 0. The Bertz CT molecular complexity index is 235. The fourth-order valence-corrected chi connectivity index (χ4v) is 3.64. The molecule has 0 aromatic carbocycles. The van der Waals surface area contributed by atoms with E-state index in [1.807, 2.05) is 0 Å². The number of hydrogen-bond donors (Lipinski definition) is 2. The van der Waals surface area contributed by atoms with Gasteiger partial charge < -0.3 is 15.3 Å². The van der Waals surface area contributed by atoms with Gasteiger partial charge in [0.1, 0.15) is 0 Å². The molecule has 2 fully saturated rings. The Labute approximate surface area is 112 Å². The molecule has 0 aromatic rings. The predicted molar refractivity (Wildman–Crippen MR) is 75.7 cm³/mol. The normalized spacial score (nSPS) is 34.7. The molecule has 2 N–H and O–H groups in total. The van der Waals surface area contributed by atoms with E-state index >= 15 is 0 Å². The van der Waals surface area contributed by atoms with Crippen LogP contribution in [0.1, 0.15) is 51.4 Å². The molecule has 1 saturated carbocycles. The first-order valence-corrected chi connectivity index (χ1v) is 7.85. The molecule has 1 heterocycles. The second-order valence-corrected chi connectivity index (χ2v) is 6.21. The second kappa shape index (κ2) is 7.46. The van der Waals surface area contributed by atoms with Gasteiger partial charge >= 0.3 is 0 Å². The third kappa shape index (κ3) is 3.94. The number of rotatable bonds is 5. The molecule has 3 heteroatoms. The highest BCUT2D eigenvalue weighted by Gasteiger charge is 2.24. The van der Waals surface area contributed by atoms with Crippen LogP contribution in [0.2, 0.25) is 0 Å². The maximum atomic E-state index is 9.40. The Kier molecular flexibility index (Phi) is 5.93. The Hall–Kier alpha value is -0.120. The summed E-state index contributed by atoms with van der Waals surface area (Å²) in [5.74, 6) is 0.503. The molecule has 2 aliphatic rings. The van der Waals surface area contributed by atoms with E-state index in [2.05, 4.69) is 17.3 Å². The summed E-state index contributed by atoms with van der Waals surface area (Å²) in [4.78, 5) is 2.52. The third-order valence-corrected chi connectivity index (χ3v) is 4.95. The molecule has 1 aliphatic carbocycles. The molecule has 1 saturated heterocycles. The van der Waals surface area contributed by atoms with Gasteiger partial charge in [0, 0.05) is 18.7 Å². The molecular weight excluding hydrogens is 224 g/mol. The standard InChI is InChI=1S/C15H30N2O/c1-17-11-5-4-7-14(17)9-10-16-15-8-3-2-6-13(15)12-18/h13-16,18H,2-12H2,1H3. The lowest BCUT2D eigenvalue weighted by atomic mass is 9.85.